The molecule has 0 bridgehead atoms. The molecule has 1 atom stereocenters. The van der Waals surface area contributed by atoms with Crippen LogP contribution in [0.4, 0.5) is 0 Å². The van der Waals surface area contributed by atoms with Gasteiger partial charge in [0.2, 0.25) is 11.8 Å². The fourth-order valence-electron chi connectivity index (χ4n) is 2.57. The minimum absolute atomic E-state index is 0.0732. The Hall–Kier alpha value is -1.57. The molecular weight excluding hydrogens is 242 g/mol. The number of nitrogens with zero attached hydrogens (tertiary/aromatic N) is 1. The van der Waals surface area contributed by atoms with Crippen molar-refractivity contribution in [2.45, 2.75) is 63.8 Å². The maximum atomic E-state index is 11.8. The molecule has 5 heteroatoms. The zero-order valence-corrected chi connectivity index (χ0v) is 11.4. The van der Waals surface area contributed by atoms with Crippen LogP contribution in [0, 0.1) is 17.2 Å². The number of nitrogens with two attached hydrogens (primary N) is 1. The van der Waals surface area contributed by atoms with Gasteiger partial charge in [0.15, 0.2) is 0 Å². The van der Waals surface area contributed by atoms with Crippen molar-refractivity contribution in [3.8, 4) is 6.07 Å². The Bertz CT molecular complexity index is 343. The lowest BCUT2D eigenvalue weighted by molar-refractivity contribution is -0.128. The second-order valence-corrected chi connectivity index (χ2v) is 5.28. The van der Waals surface area contributed by atoms with E-state index in [1.165, 1.54) is 12.8 Å². The highest BCUT2D eigenvalue weighted by molar-refractivity contribution is 5.86. The van der Waals surface area contributed by atoms with Gasteiger partial charge in [0, 0.05) is 12.8 Å². The summed E-state index contributed by atoms with van der Waals surface area (Å²) >= 11 is 0. The van der Waals surface area contributed by atoms with E-state index in [1.807, 2.05) is 0 Å². The summed E-state index contributed by atoms with van der Waals surface area (Å²) in [7, 11) is 0. The quantitative estimate of drug-likeness (QED) is 0.653. The van der Waals surface area contributed by atoms with Gasteiger partial charge in [-0.2, -0.15) is 5.26 Å². The Morgan fingerprint density at radius 2 is 2.00 bits per heavy atom. The fourth-order valence-corrected chi connectivity index (χ4v) is 2.57. The van der Waals surface area contributed by atoms with Crippen LogP contribution in [0.2, 0.25) is 0 Å². The summed E-state index contributed by atoms with van der Waals surface area (Å²) in [5.41, 5.74) is 5.29. The summed E-state index contributed by atoms with van der Waals surface area (Å²) in [6.45, 7) is 0. The van der Waals surface area contributed by atoms with Crippen LogP contribution >= 0.6 is 0 Å². The predicted octanol–water partition coefficient (Wildman–Crippen LogP) is 1.62. The molecule has 19 heavy (non-hydrogen) atoms. The van der Waals surface area contributed by atoms with Crippen molar-refractivity contribution in [2.24, 2.45) is 11.7 Å². The van der Waals surface area contributed by atoms with Crippen LogP contribution < -0.4 is 11.1 Å². The van der Waals surface area contributed by atoms with Crippen molar-refractivity contribution in [3.05, 3.63) is 0 Å². The number of carbonyl (C=O) groups excluding carboxylic acids is 2. The lowest BCUT2D eigenvalue weighted by Crippen LogP contribution is -2.44. The molecule has 1 fully saturated rings. The maximum absolute atomic E-state index is 11.8. The molecule has 0 saturated heterocycles. The number of amides is 2. The first-order valence-corrected chi connectivity index (χ1v) is 7.09. The SMILES string of the molecule is N#CCCCC[C@H](NC(=O)CC1CCCC1)C(N)=O. The predicted molar refractivity (Wildman–Crippen MR) is 71.8 cm³/mol. The van der Waals surface area contributed by atoms with Crippen molar-refractivity contribution in [1.29, 1.82) is 5.26 Å². The number of hydrogen-bond acceptors (Lipinski definition) is 3. The number of hydrogen-bond donors (Lipinski definition) is 2. The highest BCUT2D eigenvalue weighted by atomic mass is 16.2. The number of nitriles is 1. The van der Waals surface area contributed by atoms with E-state index in [-0.39, 0.29) is 5.91 Å². The molecule has 1 aliphatic rings. The van der Waals surface area contributed by atoms with Gasteiger partial charge in [-0.1, -0.05) is 12.8 Å². The summed E-state index contributed by atoms with van der Waals surface area (Å²) in [6, 6.07) is 1.47. The summed E-state index contributed by atoms with van der Waals surface area (Å²) in [6.07, 6.45) is 7.57. The van der Waals surface area contributed by atoms with Crippen LogP contribution in [-0.2, 0) is 9.59 Å². The van der Waals surface area contributed by atoms with E-state index in [2.05, 4.69) is 11.4 Å². The molecule has 1 saturated carbocycles. The number of carbonyl (C=O) groups is 2. The third-order valence-electron chi connectivity index (χ3n) is 3.66. The highest BCUT2D eigenvalue weighted by Crippen LogP contribution is 2.27. The first-order valence-electron chi connectivity index (χ1n) is 7.09. The van der Waals surface area contributed by atoms with Gasteiger partial charge in [-0.25, -0.2) is 0 Å². The average Bonchev–Trinajstić information content (AvgIpc) is 2.85. The Morgan fingerprint density at radius 3 is 2.58 bits per heavy atom. The molecule has 0 spiro atoms. The summed E-state index contributed by atoms with van der Waals surface area (Å²) < 4.78 is 0. The third-order valence-corrected chi connectivity index (χ3v) is 3.66. The van der Waals surface area contributed by atoms with Gasteiger partial charge in [0.1, 0.15) is 6.04 Å². The van der Waals surface area contributed by atoms with Gasteiger partial charge in [-0.3, -0.25) is 9.59 Å². The van der Waals surface area contributed by atoms with E-state index in [0.29, 0.717) is 25.2 Å². The second-order valence-electron chi connectivity index (χ2n) is 5.28. The van der Waals surface area contributed by atoms with E-state index < -0.39 is 11.9 Å². The molecule has 3 N–H and O–H groups in total. The van der Waals surface area contributed by atoms with Gasteiger partial charge in [0.25, 0.3) is 0 Å². The van der Waals surface area contributed by atoms with Crippen molar-refractivity contribution < 1.29 is 9.59 Å². The molecule has 0 aliphatic heterocycles. The second kappa shape index (κ2) is 8.52. The summed E-state index contributed by atoms with van der Waals surface area (Å²) in [5.74, 6) is -0.0974. The average molecular weight is 265 g/mol. The zero-order chi connectivity index (χ0) is 14.1. The Balaban J connectivity index is 2.29. The molecule has 0 aromatic heterocycles. The lowest BCUT2D eigenvalue weighted by Gasteiger charge is -2.16. The largest absolute Gasteiger partial charge is 0.368 e. The van der Waals surface area contributed by atoms with E-state index in [0.717, 1.165) is 25.7 Å². The Morgan fingerprint density at radius 1 is 1.32 bits per heavy atom. The van der Waals surface area contributed by atoms with Gasteiger partial charge in [-0.15, -0.1) is 0 Å². The van der Waals surface area contributed by atoms with Crippen LogP contribution in [0.15, 0.2) is 0 Å². The monoisotopic (exact) mass is 265 g/mol. The third kappa shape index (κ3) is 6.23. The van der Waals surface area contributed by atoms with E-state index >= 15 is 0 Å². The van der Waals surface area contributed by atoms with E-state index in [1.54, 1.807) is 0 Å². The normalized spacial score (nSPS) is 16.8. The topological polar surface area (TPSA) is 96.0 Å². The van der Waals surface area contributed by atoms with Crippen LogP contribution in [-0.4, -0.2) is 17.9 Å². The molecule has 106 valence electrons. The Kier molecular flexibility index (Phi) is 6.94. The lowest BCUT2D eigenvalue weighted by atomic mass is 10.0. The van der Waals surface area contributed by atoms with Crippen molar-refractivity contribution in [3.63, 3.8) is 0 Å². The molecule has 0 radical (unpaired) electrons. The van der Waals surface area contributed by atoms with Gasteiger partial charge in [-0.05, 0) is 38.0 Å². The minimum atomic E-state index is -0.590. The van der Waals surface area contributed by atoms with Gasteiger partial charge in [0.05, 0.1) is 6.07 Å². The molecular formula is C14H23N3O2. The van der Waals surface area contributed by atoms with Crippen molar-refractivity contribution in [1.82, 2.24) is 5.32 Å². The van der Waals surface area contributed by atoms with Crippen molar-refractivity contribution in [2.75, 3.05) is 0 Å². The Labute approximate surface area is 114 Å². The molecule has 0 aromatic rings. The summed E-state index contributed by atoms with van der Waals surface area (Å²) in [4.78, 5) is 23.1. The molecule has 1 rings (SSSR count). The zero-order valence-electron chi connectivity index (χ0n) is 11.4. The molecule has 5 nitrogen and oxygen atoms in total. The number of unbranched alkanes of at least 4 members (excludes halogenated alkanes) is 2. The van der Waals surface area contributed by atoms with Crippen LogP contribution in [0.1, 0.15) is 57.8 Å². The minimum Gasteiger partial charge on any atom is -0.368 e. The molecule has 0 aromatic carbocycles. The standard InChI is InChI=1S/C14H23N3O2/c15-9-5-1-2-8-12(14(16)19)17-13(18)10-11-6-3-4-7-11/h11-12H,1-8,10H2,(H2,16,19)(H,17,18)/t12-/m0/s1. The maximum Gasteiger partial charge on any atom is 0.239 e. The molecule has 0 unspecified atom stereocenters. The fraction of sp³-hybridized carbons (Fsp3) is 0.786. The van der Waals surface area contributed by atoms with Gasteiger partial charge >= 0.3 is 0 Å². The van der Waals surface area contributed by atoms with Crippen LogP contribution in [0.5, 0.6) is 0 Å². The van der Waals surface area contributed by atoms with Gasteiger partial charge < -0.3 is 11.1 Å². The molecule has 1 aliphatic carbocycles. The van der Waals surface area contributed by atoms with Crippen molar-refractivity contribution >= 4 is 11.8 Å². The smallest absolute Gasteiger partial charge is 0.239 e. The van der Waals surface area contributed by atoms with E-state index in [9.17, 15) is 9.59 Å². The summed E-state index contributed by atoms with van der Waals surface area (Å²) in [5, 5.41) is 11.2. The number of primary amides is 1. The highest BCUT2D eigenvalue weighted by Gasteiger charge is 2.22. The van der Waals surface area contributed by atoms with Crippen LogP contribution in [0.3, 0.4) is 0 Å². The van der Waals surface area contributed by atoms with E-state index in [4.69, 9.17) is 11.0 Å². The number of nitrogens with one attached hydrogen (secondary N) is 1. The van der Waals surface area contributed by atoms with Crippen LogP contribution in [0.25, 0.3) is 0 Å². The molecule has 2 amide bonds. The molecule has 0 heterocycles. The number of rotatable bonds is 8. The first-order chi connectivity index (χ1) is 9.13. The first kappa shape index (κ1) is 15.5.